The van der Waals surface area contributed by atoms with Gasteiger partial charge in [0.15, 0.2) is 12.2 Å². The predicted octanol–water partition coefficient (Wildman–Crippen LogP) is 24.3. The summed E-state index contributed by atoms with van der Waals surface area (Å²) in [5.41, 5.74) is 0. The van der Waals surface area contributed by atoms with E-state index in [1.165, 1.54) is 244 Å². The number of ether oxygens (including phenoxy) is 4. The Morgan fingerprint density at radius 1 is 0.290 bits per heavy atom. The molecule has 19 heteroatoms. The second-order valence-electron chi connectivity index (χ2n) is 29.9. The molecule has 0 rings (SSSR count). The van der Waals surface area contributed by atoms with Crippen molar-refractivity contribution in [3.05, 3.63) is 0 Å². The number of phosphoric acid groups is 2. The van der Waals surface area contributed by atoms with Gasteiger partial charge in [0.1, 0.15) is 19.3 Å². The van der Waals surface area contributed by atoms with Crippen LogP contribution in [0, 0.1) is 11.8 Å². The maximum atomic E-state index is 13.1. The molecule has 0 saturated heterocycles. The molecule has 0 radical (unpaired) electrons. The van der Waals surface area contributed by atoms with Crippen LogP contribution in [-0.2, 0) is 65.4 Å². The first-order valence-electron chi connectivity index (χ1n) is 42.0. The number of aliphatic hydroxyl groups excluding tert-OH is 1. The highest BCUT2D eigenvalue weighted by Crippen LogP contribution is 2.45. The quantitative estimate of drug-likeness (QED) is 0.0222. The summed E-state index contributed by atoms with van der Waals surface area (Å²) in [5.74, 6) is -0.461. The summed E-state index contributed by atoms with van der Waals surface area (Å²) < 4.78 is 68.7. The van der Waals surface area contributed by atoms with E-state index in [4.69, 9.17) is 37.0 Å². The Hall–Kier alpha value is -1.94. The zero-order chi connectivity index (χ0) is 73.5. The molecule has 0 heterocycles. The van der Waals surface area contributed by atoms with Crippen molar-refractivity contribution in [1.29, 1.82) is 0 Å². The van der Waals surface area contributed by atoms with E-state index >= 15 is 0 Å². The summed E-state index contributed by atoms with van der Waals surface area (Å²) >= 11 is 0. The Labute approximate surface area is 613 Å². The summed E-state index contributed by atoms with van der Waals surface area (Å²) in [6, 6.07) is 0. The number of hydrogen-bond donors (Lipinski definition) is 3. The monoisotopic (exact) mass is 1470 g/mol. The third kappa shape index (κ3) is 73.0. The number of rotatable bonds is 80. The van der Waals surface area contributed by atoms with Crippen LogP contribution in [0.3, 0.4) is 0 Å². The lowest BCUT2D eigenvalue weighted by molar-refractivity contribution is -0.161. The third-order valence-corrected chi connectivity index (χ3v) is 21.2. The smallest absolute Gasteiger partial charge is 0.462 e. The highest BCUT2D eigenvalue weighted by molar-refractivity contribution is 7.47. The van der Waals surface area contributed by atoms with Gasteiger partial charge in [-0.2, -0.15) is 0 Å². The van der Waals surface area contributed by atoms with Gasteiger partial charge in [0, 0.05) is 25.7 Å². The fraction of sp³-hybridized carbons (Fsp3) is 0.951. The average molecular weight is 1470 g/mol. The first-order chi connectivity index (χ1) is 48.4. The molecule has 100 heavy (non-hydrogen) atoms. The van der Waals surface area contributed by atoms with Gasteiger partial charge < -0.3 is 33.8 Å². The lowest BCUT2D eigenvalue weighted by Crippen LogP contribution is -2.30. The lowest BCUT2D eigenvalue weighted by atomic mass is 9.99. The molecule has 17 nitrogen and oxygen atoms in total. The first-order valence-corrected chi connectivity index (χ1v) is 45.0. The lowest BCUT2D eigenvalue weighted by Gasteiger charge is -2.21. The van der Waals surface area contributed by atoms with E-state index in [1.54, 1.807) is 0 Å². The molecule has 0 aliphatic heterocycles. The van der Waals surface area contributed by atoms with Gasteiger partial charge in [0.25, 0.3) is 0 Å². The normalized spacial score (nSPS) is 14.2. The molecule has 0 aliphatic carbocycles. The van der Waals surface area contributed by atoms with Crippen LogP contribution in [0.4, 0.5) is 0 Å². The summed E-state index contributed by atoms with van der Waals surface area (Å²) in [5, 5.41) is 10.6. The standard InChI is InChI=1S/C81H158O17P2/c1-7-10-12-14-16-18-20-21-28-35-41-47-53-59-65-80(85)97-76(69-91-78(83)63-57-51-45-39-31-19-17-15-13-11-8-2)71-95-99(87,88)93-67-75(82)68-94-100(89,90)96-72-77(70-92-79(84)64-58-52-46-40-34-29-24-22-26-32-37-43-49-55-61-73(4)5)98-81(86)66-60-54-48-42-36-30-25-23-27-33-38-44-50-56-62-74(6)9-3/h73-77,82H,7-72H2,1-6H3,(H,87,88)(H,89,90)/t74?,75-,76+,77+/m0/s1. The Kier molecular flexibility index (Phi) is 71.2. The molecular formula is C81H158O17P2. The second-order valence-corrected chi connectivity index (χ2v) is 32.8. The van der Waals surface area contributed by atoms with Gasteiger partial charge in [0.05, 0.1) is 26.4 Å². The average Bonchev–Trinajstić information content (AvgIpc) is 0.920. The van der Waals surface area contributed by atoms with Crippen LogP contribution in [0.2, 0.25) is 0 Å². The van der Waals surface area contributed by atoms with Gasteiger partial charge in [-0.1, -0.05) is 375 Å². The van der Waals surface area contributed by atoms with Gasteiger partial charge in [-0.05, 0) is 37.5 Å². The van der Waals surface area contributed by atoms with Crippen LogP contribution >= 0.6 is 15.6 Å². The Morgan fingerprint density at radius 2 is 0.510 bits per heavy atom. The molecule has 0 aromatic carbocycles. The zero-order valence-electron chi connectivity index (χ0n) is 65.5. The van der Waals surface area contributed by atoms with E-state index in [0.29, 0.717) is 25.7 Å². The minimum absolute atomic E-state index is 0.108. The number of esters is 4. The van der Waals surface area contributed by atoms with Crippen LogP contribution in [0.1, 0.15) is 427 Å². The number of carbonyl (C=O) groups excluding carboxylic acids is 4. The molecule has 0 aromatic rings. The maximum Gasteiger partial charge on any atom is 0.472 e. The zero-order valence-corrected chi connectivity index (χ0v) is 67.3. The molecule has 0 amide bonds. The number of phosphoric ester groups is 2. The fourth-order valence-corrected chi connectivity index (χ4v) is 14.1. The summed E-state index contributed by atoms with van der Waals surface area (Å²) in [4.78, 5) is 73.0. The third-order valence-electron chi connectivity index (χ3n) is 19.3. The Balaban J connectivity index is 5.25. The molecule has 594 valence electrons. The van der Waals surface area contributed by atoms with Crippen molar-refractivity contribution in [2.45, 2.75) is 445 Å². The number of aliphatic hydroxyl groups is 1. The predicted molar refractivity (Wildman–Crippen MR) is 409 cm³/mol. The molecule has 0 saturated carbocycles. The van der Waals surface area contributed by atoms with Crippen LogP contribution < -0.4 is 0 Å². The fourth-order valence-electron chi connectivity index (χ4n) is 12.5. The SMILES string of the molecule is CCCCCCCCCCCCCCCCC(=O)O[C@H](COC(=O)CCCCCCCCCCCCC)COP(=O)(O)OC[C@H](O)COP(=O)(O)OC[C@@H](COC(=O)CCCCCCCCCCCCCCCCC(C)C)OC(=O)CCCCCCCCCCCCCCCCC(C)CC. The van der Waals surface area contributed by atoms with Crippen molar-refractivity contribution in [2.75, 3.05) is 39.6 Å². The van der Waals surface area contributed by atoms with E-state index in [2.05, 4.69) is 41.5 Å². The van der Waals surface area contributed by atoms with E-state index in [1.807, 2.05) is 0 Å². The summed E-state index contributed by atoms with van der Waals surface area (Å²) in [6.07, 6.45) is 62.2. The second kappa shape index (κ2) is 72.6. The summed E-state index contributed by atoms with van der Waals surface area (Å²) in [7, 11) is -9.92. The molecule has 0 aliphatic rings. The molecule has 0 spiro atoms. The molecule has 3 unspecified atom stereocenters. The largest absolute Gasteiger partial charge is 0.472 e. The maximum absolute atomic E-state index is 13.1. The number of unbranched alkanes of at least 4 members (excludes halogenated alkanes) is 49. The minimum atomic E-state index is -4.96. The molecule has 6 atom stereocenters. The van der Waals surface area contributed by atoms with Crippen molar-refractivity contribution >= 4 is 39.5 Å². The van der Waals surface area contributed by atoms with Crippen molar-refractivity contribution < 1.29 is 80.2 Å². The van der Waals surface area contributed by atoms with Crippen molar-refractivity contribution in [3.63, 3.8) is 0 Å². The van der Waals surface area contributed by atoms with Crippen LogP contribution in [0.5, 0.6) is 0 Å². The van der Waals surface area contributed by atoms with Crippen LogP contribution in [-0.4, -0.2) is 96.7 Å². The van der Waals surface area contributed by atoms with Gasteiger partial charge in [0.2, 0.25) is 0 Å². The van der Waals surface area contributed by atoms with Gasteiger partial charge in [-0.3, -0.25) is 37.3 Å². The number of hydrogen-bond acceptors (Lipinski definition) is 15. The van der Waals surface area contributed by atoms with Crippen molar-refractivity contribution in [1.82, 2.24) is 0 Å². The van der Waals surface area contributed by atoms with Crippen LogP contribution in [0.15, 0.2) is 0 Å². The van der Waals surface area contributed by atoms with Crippen LogP contribution in [0.25, 0.3) is 0 Å². The molecule has 0 fully saturated rings. The highest BCUT2D eigenvalue weighted by Gasteiger charge is 2.30. The molecule has 3 N–H and O–H groups in total. The van der Waals surface area contributed by atoms with Gasteiger partial charge in [-0.15, -0.1) is 0 Å². The van der Waals surface area contributed by atoms with E-state index in [0.717, 1.165) is 102 Å². The number of carbonyl (C=O) groups is 4. The van der Waals surface area contributed by atoms with E-state index in [9.17, 15) is 43.2 Å². The van der Waals surface area contributed by atoms with E-state index in [-0.39, 0.29) is 25.7 Å². The summed E-state index contributed by atoms with van der Waals surface area (Å²) in [6.45, 7) is 9.72. The topological polar surface area (TPSA) is 237 Å². The van der Waals surface area contributed by atoms with Gasteiger partial charge in [-0.25, -0.2) is 9.13 Å². The van der Waals surface area contributed by atoms with Crippen molar-refractivity contribution in [3.8, 4) is 0 Å². The Bertz CT molecular complexity index is 1930. The molecule has 0 aromatic heterocycles. The molecule has 0 bridgehead atoms. The highest BCUT2D eigenvalue weighted by atomic mass is 31.2. The minimum Gasteiger partial charge on any atom is -0.462 e. The van der Waals surface area contributed by atoms with E-state index < -0.39 is 97.5 Å². The Morgan fingerprint density at radius 3 is 0.760 bits per heavy atom. The van der Waals surface area contributed by atoms with Crippen molar-refractivity contribution in [2.24, 2.45) is 11.8 Å². The molecular weight excluding hydrogens is 1310 g/mol. The first kappa shape index (κ1) is 98.1. The van der Waals surface area contributed by atoms with Gasteiger partial charge >= 0.3 is 39.5 Å².